The van der Waals surface area contributed by atoms with Crippen molar-refractivity contribution < 1.29 is 58.9 Å². The molecule has 316 valence electrons. The topological polar surface area (TPSA) is 251 Å². The third-order valence-electron chi connectivity index (χ3n) is 11.0. The molecule has 0 saturated heterocycles. The van der Waals surface area contributed by atoms with Gasteiger partial charge in [-0.05, 0) is 26.0 Å². The van der Waals surface area contributed by atoms with Crippen molar-refractivity contribution in [3.05, 3.63) is 71.3 Å². The Hall–Kier alpha value is -6.04. The SMILES string of the molecule is COC1C=COC2(C)Oc3c(C)c(O)c4c(O)c(c(/C=N/Nc5ncccn5)c(O)c4c3C2=O)NC(=O)C(C)=CC=CC(C)C(O)C(C)C(O)C(C)C(OC(C)=O)C1C. The fourth-order valence-corrected chi connectivity index (χ4v) is 7.38. The molecule has 2 aromatic carbocycles. The zero-order chi connectivity index (χ0) is 43.5. The van der Waals surface area contributed by atoms with Crippen LogP contribution in [0.15, 0.2) is 59.7 Å². The van der Waals surface area contributed by atoms with Crippen LogP contribution in [0.2, 0.25) is 0 Å². The van der Waals surface area contributed by atoms with Crippen LogP contribution in [0.5, 0.6) is 23.0 Å². The Bertz CT molecular complexity index is 2220. The number of nitrogens with zero attached hydrogens (tertiary/aromatic N) is 3. The van der Waals surface area contributed by atoms with Crippen molar-refractivity contribution in [3.8, 4) is 23.0 Å². The van der Waals surface area contributed by atoms with E-state index in [0.29, 0.717) is 0 Å². The molecule has 6 rings (SSSR count). The lowest BCUT2D eigenvalue weighted by molar-refractivity contribution is -0.160. The van der Waals surface area contributed by atoms with Gasteiger partial charge in [-0.15, -0.1) is 0 Å². The van der Waals surface area contributed by atoms with Crippen LogP contribution in [0.4, 0.5) is 11.6 Å². The maximum Gasteiger partial charge on any atom is 0.312 e. The fraction of sp³-hybridized carbons (Fsp3) is 0.429. The summed E-state index contributed by atoms with van der Waals surface area (Å²) in [6.07, 6.45) is 7.36. The van der Waals surface area contributed by atoms with E-state index in [4.69, 9.17) is 18.9 Å². The number of fused-ring (bicyclic) bond motifs is 14. The first-order chi connectivity index (χ1) is 27.8. The number of aliphatic hydroxyl groups excluding tert-OH is 2. The second kappa shape index (κ2) is 17.8. The maximum atomic E-state index is 14.4. The van der Waals surface area contributed by atoms with Crippen LogP contribution >= 0.6 is 0 Å². The van der Waals surface area contributed by atoms with E-state index in [1.54, 1.807) is 45.9 Å². The number of hydrazone groups is 1. The number of hydrogen-bond donors (Lipinski definition) is 7. The second-order valence-electron chi connectivity index (χ2n) is 15.1. The third-order valence-corrected chi connectivity index (χ3v) is 11.0. The van der Waals surface area contributed by atoms with E-state index in [-0.39, 0.29) is 50.4 Å². The number of ether oxygens (including phenoxy) is 4. The highest BCUT2D eigenvalue weighted by molar-refractivity contribution is 6.23. The van der Waals surface area contributed by atoms with Gasteiger partial charge in [0.25, 0.3) is 11.7 Å². The molecule has 59 heavy (non-hydrogen) atoms. The van der Waals surface area contributed by atoms with Crippen LogP contribution in [-0.4, -0.2) is 96.7 Å². The molecule has 9 atom stereocenters. The van der Waals surface area contributed by atoms with Crippen LogP contribution in [0, 0.1) is 30.6 Å². The summed E-state index contributed by atoms with van der Waals surface area (Å²) in [5.74, 6) is -8.73. The minimum atomic E-state index is -2.08. The number of benzene rings is 2. The van der Waals surface area contributed by atoms with Gasteiger partial charge in [0, 0.05) is 73.5 Å². The fourth-order valence-electron chi connectivity index (χ4n) is 7.38. The normalized spacial score (nSPS) is 28.0. The first-order valence-corrected chi connectivity index (χ1v) is 19.0. The highest BCUT2D eigenvalue weighted by atomic mass is 16.7. The van der Waals surface area contributed by atoms with Crippen molar-refractivity contribution in [3.63, 3.8) is 0 Å². The zero-order valence-corrected chi connectivity index (χ0v) is 34.3. The van der Waals surface area contributed by atoms with Gasteiger partial charge in [-0.2, -0.15) is 5.10 Å². The number of carbonyl (C=O) groups is 3. The molecule has 17 heteroatoms. The van der Waals surface area contributed by atoms with Crippen LogP contribution in [0.3, 0.4) is 0 Å². The molecule has 0 saturated carbocycles. The molecule has 4 heterocycles. The molecule has 7 N–H and O–H groups in total. The Morgan fingerprint density at radius 2 is 1.64 bits per heavy atom. The lowest BCUT2D eigenvalue weighted by Crippen LogP contribution is -2.46. The van der Waals surface area contributed by atoms with Gasteiger partial charge in [0.15, 0.2) is 5.75 Å². The van der Waals surface area contributed by atoms with Crippen molar-refractivity contribution in [1.82, 2.24) is 9.97 Å². The summed E-state index contributed by atoms with van der Waals surface area (Å²) in [7, 11) is 1.42. The molecule has 5 bridgehead atoms. The van der Waals surface area contributed by atoms with Crippen LogP contribution < -0.4 is 15.5 Å². The van der Waals surface area contributed by atoms with Crippen molar-refractivity contribution in [2.75, 3.05) is 17.9 Å². The number of amides is 1. The van der Waals surface area contributed by atoms with Gasteiger partial charge >= 0.3 is 11.8 Å². The summed E-state index contributed by atoms with van der Waals surface area (Å²) in [5.41, 5.74) is 1.88. The Morgan fingerprint density at radius 3 is 2.29 bits per heavy atom. The molecule has 1 aromatic heterocycles. The molecule has 3 aliphatic heterocycles. The van der Waals surface area contributed by atoms with Gasteiger partial charge in [-0.25, -0.2) is 15.4 Å². The van der Waals surface area contributed by atoms with Crippen LogP contribution in [0.25, 0.3) is 10.8 Å². The summed E-state index contributed by atoms with van der Waals surface area (Å²) < 4.78 is 23.5. The number of rotatable bonds is 5. The summed E-state index contributed by atoms with van der Waals surface area (Å²) in [6, 6.07) is 1.59. The molecular formula is C42H51N5O12. The Kier molecular flexibility index (Phi) is 13.3. The summed E-state index contributed by atoms with van der Waals surface area (Å²) in [4.78, 5) is 48.4. The highest BCUT2D eigenvalue weighted by Crippen LogP contribution is 2.55. The Morgan fingerprint density at radius 1 is 0.966 bits per heavy atom. The monoisotopic (exact) mass is 817 g/mol. The van der Waals surface area contributed by atoms with E-state index in [1.807, 2.05) is 0 Å². The first-order valence-electron chi connectivity index (χ1n) is 19.0. The lowest BCUT2D eigenvalue weighted by atomic mass is 9.78. The van der Waals surface area contributed by atoms with Crippen LogP contribution in [0.1, 0.15) is 70.0 Å². The quantitative estimate of drug-likeness (QED) is 0.0589. The number of Topliss-reactive ketones (excluding diaryl/α,β-unsaturated/α-hetero) is 1. The van der Waals surface area contributed by atoms with E-state index in [2.05, 4.69) is 25.8 Å². The third kappa shape index (κ3) is 8.72. The molecule has 3 aliphatic rings. The maximum absolute atomic E-state index is 14.4. The van der Waals surface area contributed by atoms with E-state index in [0.717, 1.165) is 6.21 Å². The van der Waals surface area contributed by atoms with E-state index in [9.17, 15) is 39.9 Å². The van der Waals surface area contributed by atoms with Crippen molar-refractivity contribution >= 4 is 46.3 Å². The number of ketones is 1. The van der Waals surface area contributed by atoms with Crippen molar-refractivity contribution in [2.24, 2.45) is 28.8 Å². The standard InChI is InChI=1S/C42H51N5O12/c1-19-12-10-13-20(2)40(55)46-31-26(18-45-47-41-43-15-11-16-44-41)35(52)28-29(36(31)53)34(51)24(6)38-30(28)39(54)42(8,59-38)57-17-14-27(56-9)21(3)37(58-25(7)48)23(5)33(50)22(4)32(19)49/h10-19,21-23,27,32-33,37,49-53H,1-9H3,(H,46,55)(H,43,44,47)/b12-10?,17-14?,20-13?,45-18+. The molecule has 1 amide bonds. The molecular weight excluding hydrogens is 766 g/mol. The second-order valence-corrected chi connectivity index (χ2v) is 15.1. The average molecular weight is 818 g/mol. The first kappa shape index (κ1) is 44.1. The molecule has 0 radical (unpaired) electrons. The number of aliphatic hydroxyl groups is 2. The Labute approximate surface area is 341 Å². The lowest BCUT2D eigenvalue weighted by Gasteiger charge is -2.38. The number of phenolic OH excluding ortho intramolecular Hbond substituents is 3. The largest absolute Gasteiger partial charge is 0.507 e. The summed E-state index contributed by atoms with van der Waals surface area (Å²) in [5, 5.41) is 64.1. The number of phenols is 3. The molecule has 3 aromatic rings. The van der Waals surface area contributed by atoms with Gasteiger partial charge in [0.1, 0.15) is 23.4 Å². The van der Waals surface area contributed by atoms with E-state index in [1.165, 1.54) is 65.6 Å². The van der Waals surface area contributed by atoms with Gasteiger partial charge in [-0.3, -0.25) is 14.4 Å². The van der Waals surface area contributed by atoms with Gasteiger partial charge in [0.05, 0.1) is 53.0 Å². The molecule has 17 nitrogen and oxygen atoms in total. The molecule has 9 unspecified atom stereocenters. The minimum Gasteiger partial charge on any atom is -0.507 e. The number of carbonyl (C=O) groups excluding carboxylic acids is 3. The summed E-state index contributed by atoms with van der Waals surface area (Å²) in [6.45, 7) is 12.4. The molecule has 0 spiro atoms. The van der Waals surface area contributed by atoms with E-state index >= 15 is 0 Å². The number of methoxy groups -OCH3 is 1. The zero-order valence-electron chi connectivity index (χ0n) is 34.3. The van der Waals surface area contributed by atoms with Crippen molar-refractivity contribution in [1.29, 1.82) is 0 Å². The predicted octanol–water partition coefficient (Wildman–Crippen LogP) is 4.99. The summed E-state index contributed by atoms with van der Waals surface area (Å²) >= 11 is 0. The molecule has 0 fully saturated rings. The van der Waals surface area contributed by atoms with Crippen molar-refractivity contribution in [2.45, 2.75) is 85.6 Å². The van der Waals surface area contributed by atoms with E-state index < -0.39 is 88.8 Å². The molecule has 0 aliphatic carbocycles. The number of hydrogen-bond acceptors (Lipinski definition) is 16. The average Bonchev–Trinajstić information content (AvgIpc) is 3.47. The number of aromatic hydroxyl groups is 3. The minimum absolute atomic E-state index is 0.0193. The Balaban J connectivity index is 1.71. The van der Waals surface area contributed by atoms with Gasteiger partial charge in [-0.1, -0.05) is 45.9 Å². The number of aromatic nitrogens is 2. The number of allylic oxidation sites excluding steroid dienone is 2. The highest BCUT2D eigenvalue weighted by Gasteiger charge is 2.50. The number of esters is 1. The van der Waals surface area contributed by atoms with Gasteiger partial charge in [0.2, 0.25) is 5.95 Å². The number of anilines is 2. The van der Waals surface area contributed by atoms with Gasteiger partial charge < -0.3 is 49.8 Å². The predicted molar refractivity (Wildman–Crippen MR) is 217 cm³/mol. The van der Waals surface area contributed by atoms with Crippen LogP contribution in [-0.2, 0) is 23.8 Å². The number of nitrogens with one attached hydrogen (secondary N) is 2. The smallest absolute Gasteiger partial charge is 0.312 e.